The van der Waals surface area contributed by atoms with Crippen LogP contribution >= 0.6 is 0 Å². The molecule has 0 spiro atoms. The quantitative estimate of drug-likeness (QED) is 0.748. The van der Waals surface area contributed by atoms with Gasteiger partial charge in [-0.2, -0.15) is 0 Å². The standard InChI is InChI=1S/C12H21N3/c1-8(2)9(3)15(4)10-5-6-11(13)12(14)7-10/h5-9H,13-14H2,1-4H3. The van der Waals surface area contributed by atoms with Gasteiger partial charge in [0, 0.05) is 18.8 Å². The van der Waals surface area contributed by atoms with E-state index < -0.39 is 0 Å². The lowest BCUT2D eigenvalue weighted by Crippen LogP contribution is -2.33. The molecule has 1 unspecified atom stereocenters. The topological polar surface area (TPSA) is 55.3 Å². The zero-order valence-corrected chi connectivity index (χ0v) is 9.99. The predicted molar refractivity (Wildman–Crippen MR) is 68.0 cm³/mol. The first-order valence-corrected chi connectivity index (χ1v) is 5.31. The van der Waals surface area contributed by atoms with Crippen molar-refractivity contribution < 1.29 is 0 Å². The zero-order chi connectivity index (χ0) is 11.6. The van der Waals surface area contributed by atoms with Gasteiger partial charge in [-0.3, -0.25) is 0 Å². The maximum Gasteiger partial charge on any atom is 0.0568 e. The van der Waals surface area contributed by atoms with Crippen LogP contribution < -0.4 is 16.4 Å². The molecule has 0 heterocycles. The van der Waals surface area contributed by atoms with E-state index in [1.165, 1.54) is 0 Å². The maximum absolute atomic E-state index is 5.78. The number of anilines is 3. The van der Waals surface area contributed by atoms with E-state index >= 15 is 0 Å². The smallest absolute Gasteiger partial charge is 0.0568 e. The molecule has 1 aromatic carbocycles. The summed E-state index contributed by atoms with van der Waals surface area (Å²) in [7, 11) is 2.08. The lowest BCUT2D eigenvalue weighted by atomic mass is 10.0. The van der Waals surface area contributed by atoms with Gasteiger partial charge < -0.3 is 16.4 Å². The molecule has 4 N–H and O–H groups in total. The van der Waals surface area contributed by atoms with Crippen LogP contribution in [0.15, 0.2) is 18.2 Å². The van der Waals surface area contributed by atoms with E-state index in [1.54, 1.807) is 0 Å². The van der Waals surface area contributed by atoms with Crippen molar-refractivity contribution in [3.63, 3.8) is 0 Å². The molecular weight excluding hydrogens is 186 g/mol. The van der Waals surface area contributed by atoms with E-state index in [9.17, 15) is 0 Å². The third kappa shape index (κ3) is 2.55. The van der Waals surface area contributed by atoms with E-state index in [0.717, 1.165) is 5.69 Å². The van der Waals surface area contributed by atoms with Crippen molar-refractivity contribution in [1.82, 2.24) is 0 Å². The summed E-state index contributed by atoms with van der Waals surface area (Å²) in [4.78, 5) is 2.22. The maximum atomic E-state index is 5.78. The van der Waals surface area contributed by atoms with Gasteiger partial charge in [-0.1, -0.05) is 13.8 Å². The van der Waals surface area contributed by atoms with Crippen molar-refractivity contribution >= 4 is 17.1 Å². The van der Waals surface area contributed by atoms with E-state index in [0.29, 0.717) is 23.3 Å². The molecule has 0 aliphatic rings. The number of nitrogen functional groups attached to an aromatic ring is 2. The highest BCUT2D eigenvalue weighted by Crippen LogP contribution is 2.24. The number of benzene rings is 1. The Morgan fingerprint density at radius 3 is 2.13 bits per heavy atom. The van der Waals surface area contributed by atoms with Gasteiger partial charge in [-0.05, 0) is 31.0 Å². The van der Waals surface area contributed by atoms with Crippen molar-refractivity contribution in [3.8, 4) is 0 Å². The van der Waals surface area contributed by atoms with E-state index in [2.05, 4.69) is 32.7 Å². The number of nitrogens with zero attached hydrogens (tertiary/aromatic N) is 1. The Hall–Kier alpha value is -1.38. The summed E-state index contributed by atoms with van der Waals surface area (Å²) in [6, 6.07) is 6.26. The molecule has 0 aliphatic carbocycles. The molecule has 0 aromatic heterocycles. The lowest BCUT2D eigenvalue weighted by molar-refractivity contribution is 0.505. The fourth-order valence-corrected chi connectivity index (χ4v) is 1.46. The monoisotopic (exact) mass is 207 g/mol. The van der Waals surface area contributed by atoms with Crippen molar-refractivity contribution in [2.24, 2.45) is 5.92 Å². The van der Waals surface area contributed by atoms with Crippen LogP contribution in [0.4, 0.5) is 17.1 Å². The first-order valence-electron chi connectivity index (χ1n) is 5.31. The Labute approximate surface area is 92.1 Å². The highest BCUT2D eigenvalue weighted by molar-refractivity contribution is 5.69. The molecule has 1 atom stereocenters. The first-order chi connectivity index (χ1) is 6.93. The van der Waals surface area contributed by atoms with Gasteiger partial charge in [-0.25, -0.2) is 0 Å². The summed E-state index contributed by atoms with van der Waals surface area (Å²) in [5, 5.41) is 0. The minimum Gasteiger partial charge on any atom is -0.397 e. The molecule has 1 rings (SSSR count). The normalized spacial score (nSPS) is 12.9. The van der Waals surface area contributed by atoms with Crippen LogP contribution in [-0.4, -0.2) is 13.1 Å². The Balaban J connectivity index is 2.91. The van der Waals surface area contributed by atoms with Crippen LogP contribution in [0.1, 0.15) is 20.8 Å². The van der Waals surface area contributed by atoms with E-state index in [4.69, 9.17) is 11.5 Å². The fraction of sp³-hybridized carbons (Fsp3) is 0.500. The highest BCUT2D eigenvalue weighted by Gasteiger charge is 2.13. The number of nitrogens with two attached hydrogens (primary N) is 2. The molecule has 0 amide bonds. The summed E-state index contributed by atoms with van der Waals surface area (Å²) < 4.78 is 0. The molecule has 1 aromatic rings. The molecule has 0 bridgehead atoms. The van der Waals surface area contributed by atoms with E-state index in [1.807, 2.05) is 18.2 Å². The van der Waals surface area contributed by atoms with Crippen LogP contribution in [-0.2, 0) is 0 Å². The van der Waals surface area contributed by atoms with Crippen molar-refractivity contribution in [2.45, 2.75) is 26.8 Å². The van der Waals surface area contributed by atoms with Crippen molar-refractivity contribution in [1.29, 1.82) is 0 Å². The van der Waals surface area contributed by atoms with Crippen LogP contribution in [0.5, 0.6) is 0 Å². The minimum absolute atomic E-state index is 0.480. The largest absolute Gasteiger partial charge is 0.397 e. The van der Waals surface area contributed by atoms with Crippen molar-refractivity contribution in [3.05, 3.63) is 18.2 Å². The third-order valence-electron chi connectivity index (χ3n) is 3.05. The fourth-order valence-electron chi connectivity index (χ4n) is 1.46. The molecule has 0 aliphatic heterocycles. The molecule has 0 fully saturated rings. The number of rotatable bonds is 3. The second kappa shape index (κ2) is 4.43. The van der Waals surface area contributed by atoms with Crippen molar-refractivity contribution in [2.75, 3.05) is 23.4 Å². The lowest BCUT2D eigenvalue weighted by Gasteiger charge is -2.30. The summed E-state index contributed by atoms with van der Waals surface area (Å²) in [5.41, 5.74) is 13.9. The van der Waals surface area contributed by atoms with Gasteiger partial charge in [0.25, 0.3) is 0 Å². The average molecular weight is 207 g/mol. The molecule has 0 saturated carbocycles. The molecule has 0 radical (unpaired) electrons. The van der Waals surface area contributed by atoms with Gasteiger partial charge in [0.1, 0.15) is 0 Å². The highest BCUT2D eigenvalue weighted by atomic mass is 15.1. The Morgan fingerprint density at radius 2 is 1.67 bits per heavy atom. The predicted octanol–water partition coefficient (Wildman–Crippen LogP) is 2.33. The second-order valence-electron chi connectivity index (χ2n) is 4.41. The molecular formula is C12H21N3. The van der Waals surface area contributed by atoms with Gasteiger partial charge in [0.05, 0.1) is 11.4 Å². The summed E-state index contributed by atoms with van der Waals surface area (Å²) in [6.07, 6.45) is 0. The van der Waals surface area contributed by atoms with Gasteiger partial charge in [-0.15, -0.1) is 0 Å². The molecule has 0 saturated heterocycles. The number of hydrogen-bond donors (Lipinski definition) is 2. The first kappa shape index (κ1) is 11.7. The Kier molecular flexibility index (Phi) is 3.45. The zero-order valence-electron chi connectivity index (χ0n) is 9.99. The molecule has 3 nitrogen and oxygen atoms in total. The average Bonchev–Trinajstić information content (AvgIpc) is 2.19. The SMILES string of the molecule is CC(C)C(C)N(C)c1ccc(N)c(N)c1. The summed E-state index contributed by atoms with van der Waals surface area (Å²) >= 11 is 0. The minimum atomic E-state index is 0.480. The summed E-state index contributed by atoms with van der Waals surface area (Å²) in [5.74, 6) is 0.605. The van der Waals surface area contributed by atoms with Gasteiger partial charge in [0.2, 0.25) is 0 Å². The van der Waals surface area contributed by atoms with Gasteiger partial charge in [0.15, 0.2) is 0 Å². The van der Waals surface area contributed by atoms with Crippen LogP contribution in [0.2, 0.25) is 0 Å². The third-order valence-corrected chi connectivity index (χ3v) is 3.05. The number of hydrogen-bond acceptors (Lipinski definition) is 3. The molecule has 3 heteroatoms. The van der Waals surface area contributed by atoms with Crippen LogP contribution in [0.3, 0.4) is 0 Å². The molecule has 84 valence electrons. The Morgan fingerprint density at radius 1 is 1.07 bits per heavy atom. The molecule has 15 heavy (non-hydrogen) atoms. The van der Waals surface area contributed by atoms with Gasteiger partial charge >= 0.3 is 0 Å². The van der Waals surface area contributed by atoms with Crippen LogP contribution in [0, 0.1) is 5.92 Å². The van der Waals surface area contributed by atoms with Crippen LogP contribution in [0.25, 0.3) is 0 Å². The summed E-state index contributed by atoms with van der Waals surface area (Å²) in [6.45, 7) is 6.63. The van der Waals surface area contributed by atoms with E-state index in [-0.39, 0.29) is 0 Å². The Bertz CT molecular complexity index is 334. The second-order valence-corrected chi connectivity index (χ2v) is 4.41.